The minimum atomic E-state index is -0.232. The third kappa shape index (κ3) is 1.34. The van der Waals surface area contributed by atoms with Crippen molar-refractivity contribution in [3.05, 3.63) is 34.9 Å². The van der Waals surface area contributed by atoms with Crippen molar-refractivity contribution >= 4 is 11.8 Å². The molecular formula is C11H12N2O2. The molecule has 0 aliphatic carbocycles. The first-order valence-corrected chi connectivity index (χ1v) is 4.82. The molecule has 0 bridgehead atoms. The quantitative estimate of drug-likeness (QED) is 0.715. The molecule has 1 aliphatic heterocycles. The number of imide groups is 1. The summed E-state index contributed by atoms with van der Waals surface area (Å²) >= 11 is 0. The largest absolute Gasteiger partial charge is 0.329 e. The van der Waals surface area contributed by atoms with E-state index in [1.165, 1.54) is 4.90 Å². The van der Waals surface area contributed by atoms with Crippen LogP contribution in [0.1, 0.15) is 26.3 Å². The maximum absolute atomic E-state index is 11.9. The van der Waals surface area contributed by atoms with Crippen molar-refractivity contribution in [2.45, 2.75) is 6.92 Å². The maximum atomic E-state index is 11.9. The summed E-state index contributed by atoms with van der Waals surface area (Å²) in [5, 5.41) is 0. The Balaban J connectivity index is 2.51. The van der Waals surface area contributed by atoms with Crippen LogP contribution in [0.5, 0.6) is 0 Å². The fraction of sp³-hybridized carbons (Fsp3) is 0.273. The van der Waals surface area contributed by atoms with E-state index in [1.54, 1.807) is 12.1 Å². The van der Waals surface area contributed by atoms with E-state index in [1.807, 2.05) is 13.0 Å². The molecule has 0 radical (unpaired) electrons. The third-order valence-corrected chi connectivity index (χ3v) is 2.56. The zero-order valence-electron chi connectivity index (χ0n) is 8.49. The predicted molar refractivity (Wildman–Crippen MR) is 55.6 cm³/mol. The highest BCUT2D eigenvalue weighted by molar-refractivity contribution is 6.22. The number of nitrogens with zero attached hydrogens (tertiary/aromatic N) is 1. The van der Waals surface area contributed by atoms with Crippen LogP contribution in [-0.4, -0.2) is 29.8 Å². The Labute approximate surface area is 87.7 Å². The Morgan fingerprint density at radius 1 is 1.27 bits per heavy atom. The number of carbonyl (C=O) groups excluding carboxylic acids is 2. The molecule has 1 heterocycles. The number of hydrogen-bond donors (Lipinski definition) is 1. The van der Waals surface area contributed by atoms with Crippen LogP contribution in [-0.2, 0) is 0 Å². The number of hydrogen-bond acceptors (Lipinski definition) is 3. The number of rotatable bonds is 2. The van der Waals surface area contributed by atoms with Gasteiger partial charge in [-0.3, -0.25) is 14.5 Å². The van der Waals surface area contributed by atoms with E-state index < -0.39 is 0 Å². The summed E-state index contributed by atoms with van der Waals surface area (Å²) < 4.78 is 0. The lowest BCUT2D eigenvalue weighted by molar-refractivity contribution is 0.0658. The van der Waals surface area contributed by atoms with Gasteiger partial charge in [-0.1, -0.05) is 12.1 Å². The molecule has 2 N–H and O–H groups in total. The zero-order valence-corrected chi connectivity index (χ0v) is 8.49. The van der Waals surface area contributed by atoms with Gasteiger partial charge in [0.15, 0.2) is 0 Å². The van der Waals surface area contributed by atoms with Crippen molar-refractivity contribution in [1.29, 1.82) is 0 Å². The summed E-state index contributed by atoms with van der Waals surface area (Å²) in [7, 11) is 0. The van der Waals surface area contributed by atoms with Crippen molar-refractivity contribution in [2.24, 2.45) is 5.73 Å². The molecule has 15 heavy (non-hydrogen) atoms. The summed E-state index contributed by atoms with van der Waals surface area (Å²) in [4.78, 5) is 24.9. The van der Waals surface area contributed by atoms with E-state index >= 15 is 0 Å². The zero-order chi connectivity index (χ0) is 11.0. The van der Waals surface area contributed by atoms with Crippen LogP contribution >= 0.6 is 0 Å². The number of amides is 2. The van der Waals surface area contributed by atoms with E-state index in [0.29, 0.717) is 17.7 Å². The molecule has 0 saturated heterocycles. The molecule has 0 unspecified atom stereocenters. The van der Waals surface area contributed by atoms with E-state index in [2.05, 4.69) is 0 Å². The Morgan fingerprint density at radius 3 is 2.60 bits per heavy atom. The fourth-order valence-corrected chi connectivity index (χ4v) is 1.83. The number of fused-ring (bicyclic) bond motifs is 1. The molecule has 4 heteroatoms. The van der Waals surface area contributed by atoms with Crippen LogP contribution in [0.4, 0.5) is 0 Å². The van der Waals surface area contributed by atoms with E-state index in [-0.39, 0.29) is 18.4 Å². The minimum absolute atomic E-state index is 0.224. The summed E-state index contributed by atoms with van der Waals surface area (Å²) in [5.41, 5.74) is 7.22. The second-order valence-electron chi connectivity index (χ2n) is 3.55. The standard InChI is InChI=1S/C11H12N2O2/c1-7-3-2-4-8-9(7)11(15)13(6-5-12)10(8)14/h2-4H,5-6,12H2,1H3. The van der Waals surface area contributed by atoms with Crippen molar-refractivity contribution < 1.29 is 9.59 Å². The van der Waals surface area contributed by atoms with Gasteiger partial charge >= 0.3 is 0 Å². The van der Waals surface area contributed by atoms with E-state index in [4.69, 9.17) is 5.73 Å². The lowest BCUT2D eigenvalue weighted by atomic mass is 10.0. The normalized spacial score (nSPS) is 14.7. The Kier molecular flexibility index (Phi) is 2.28. The lowest BCUT2D eigenvalue weighted by Crippen LogP contribution is -2.34. The van der Waals surface area contributed by atoms with Crippen molar-refractivity contribution in [3.63, 3.8) is 0 Å². The predicted octanol–water partition coefficient (Wildman–Crippen LogP) is 0.550. The molecule has 0 spiro atoms. The second-order valence-corrected chi connectivity index (χ2v) is 3.55. The van der Waals surface area contributed by atoms with E-state index in [9.17, 15) is 9.59 Å². The van der Waals surface area contributed by atoms with Crippen LogP contribution in [0.2, 0.25) is 0 Å². The maximum Gasteiger partial charge on any atom is 0.261 e. The SMILES string of the molecule is Cc1cccc2c1C(=O)N(CCN)C2=O. The summed E-state index contributed by atoms with van der Waals surface area (Å²) in [6.45, 7) is 2.41. The molecule has 1 aromatic carbocycles. The van der Waals surface area contributed by atoms with Crippen LogP contribution in [0, 0.1) is 6.92 Å². The fourth-order valence-electron chi connectivity index (χ4n) is 1.83. The second kappa shape index (κ2) is 3.47. The highest BCUT2D eigenvalue weighted by Crippen LogP contribution is 2.24. The molecule has 2 rings (SSSR count). The summed E-state index contributed by atoms with van der Waals surface area (Å²) in [5.74, 6) is -0.456. The van der Waals surface area contributed by atoms with Gasteiger partial charge < -0.3 is 5.73 Å². The molecule has 0 atom stereocenters. The van der Waals surface area contributed by atoms with Gasteiger partial charge in [0.2, 0.25) is 0 Å². The molecule has 4 nitrogen and oxygen atoms in total. The molecule has 0 fully saturated rings. The molecular weight excluding hydrogens is 192 g/mol. The molecule has 0 saturated carbocycles. The molecule has 2 amide bonds. The van der Waals surface area contributed by atoms with Crippen LogP contribution in [0.25, 0.3) is 0 Å². The van der Waals surface area contributed by atoms with Crippen LogP contribution < -0.4 is 5.73 Å². The summed E-state index contributed by atoms with van der Waals surface area (Å²) in [6.07, 6.45) is 0. The van der Waals surface area contributed by atoms with Gasteiger partial charge in [0.25, 0.3) is 11.8 Å². The third-order valence-electron chi connectivity index (χ3n) is 2.56. The van der Waals surface area contributed by atoms with Crippen LogP contribution in [0.15, 0.2) is 18.2 Å². The van der Waals surface area contributed by atoms with Crippen molar-refractivity contribution in [1.82, 2.24) is 4.90 Å². The summed E-state index contributed by atoms with van der Waals surface area (Å²) in [6, 6.07) is 5.29. The number of carbonyl (C=O) groups is 2. The first-order chi connectivity index (χ1) is 7.16. The number of benzene rings is 1. The Hall–Kier alpha value is -1.68. The van der Waals surface area contributed by atoms with Gasteiger partial charge in [-0.25, -0.2) is 0 Å². The monoisotopic (exact) mass is 204 g/mol. The van der Waals surface area contributed by atoms with Crippen LogP contribution in [0.3, 0.4) is 0 Å². The van der Waals surface area contributed by atoms with Crippen molar-refractivity contribution in [3.8, 4) is 0 Å². The first-order valence-electron chi connectivity index (χ1n) is 4.82. The smallest absolute Gasteiger partial charge is 0.261 e. The molecule has 78 valence electrons. The average molecular weight is 204 g/mol. The van der Waals surface area contributed by atoms with Gasteiger partial charge in [-0.15, -0.1) is 0 Å². The van der Waals surface area contributed by atoms with Gasteiger partial charge in [-0.05, 0) is 18.6 Å². The van der Waals surface area contributed by atoms with Crippen molar-refractivity contribution in [2.75, 3.05) is 13.1 Å². The van der Waals surface area contributed by atoms with Gasteiger partial charge in [0.1, 0.15) is 0 Å². The molecule has 1 aromatic rings. The average Bonchev–Trinajstić information content (AvgIpc) is 2.45. The van der Waals surface area contributed by atoms with Gasteiger partial charge in [0, 0.05) is 13.1 Å². The van der Waals surface area contributed by atoms with E-state index in [0.717, 1.165) is 5.56 Å². The lowest BCUT2D eigenvalue weighted by Gasteiger charge is -2.11. The van der Waals surface area contributed by atoms with Gasteiger partial charge in [-0.2, -0.15) is 0 Å². The topological polar surface area (TPSA) is 63.4 Å². The van der Waals surface area contributed by atoms with Gasteiger partial charge in [0.05, 0.1) is 11.1 Å². The number of nitrogens with two attached hydrogens (primary N) is 1. The minimum Gasteiger partial charge on any atom is -0.329 e. The highest BCUT2D eigenvalue weighted by Gasteiger charge is 2.35. The number of aryl methyl sites for hydroxylation is 1. The molecule has 1 aliphatic rings. The first kappa shape index (κ1) is 9.86. The Bertz CT molecular complexity index is 440. The molecule has 0 aromatic heterocycles. The Morgan fingerprint density at radius 2 is 2.00 bits per heavy atom. The highest BCUT2D eigenvalue weighted by atomic mass is 16.2.